The highest BCUT2D eigenvalue weighted by molar-refractivity contribution is 9.11. The summed E-state index contributed by atoms with van der Waals surface area (Å²) in [5.41, 5.74) is 5.32. The molecule has 2 atom stereocenters. The Labute approximate surface area is 138 Å². The van der Waals surface area contributed by atoms with Crippen molar-refractivity contribution >= 4 is 60.2 Å². The van der Waals surface area contributed by atoms with Gasteiger partial charge in [0.25, 0.3) is 0 Å². The van der Waals surface area contributed by atoms with Gasteiger partial charge in [-0.2, -0.15) is 13.2 Å². The first kappa shape index (κ1) is 19.5. The molecule has 0 unspecified atom stereocenters. The van der Waals surface area contributed by atoms with Crippen molar-refractivity contribution < 1.29 is 23.4 Å². The Kier molecular flexibility index (Phi) is 7.12. The normalized spacial score (nSPS) is 14.7. The fraction of sp³-hybridized carbons (Fsp3) is 0.333. The maximum Gasteiger partial charge on any atom is 0.416 e. The Bertz CT molecular complexity index is 473. The largest absolute Gasteiger partial charge is 0.506 e. The third kappa shape index (κ3) is 4.21. The van der Waals surface area contributed by atoms with E-state index >= 15 is 0 Å². The molecule has 0 aliphatic rings. The summed E-state index contributed by atoms with van der Waals surface area (Å²) < 4.78 is 37.7. The fourth-order valence-corrected chi connectivity index (χ4v) is 3.91. The molecule has 0 saturated heterocycles. The highest BCUT2D eigenvalue weighted by atomic mass is 79.9. The highest BCUT2D eigenvalue weighted by Crippen LogP contribution is 2.43. The maximum atomic E-state index is 12.4. The van der Waals surface area contributed by atoms with Crippen LogP contribution in [-0.2, 0) is 0 Å². The van der Waals surface area contributed by atoms with Crippen molar-refractivity contribution in [3.8, 4) is 5.75 Å². The first-order valence-electron chi connectivity index (χ1n) is 4.44. The lowest BCUT2D eigenvalue weighted by Crippen LogP contribution is -2.39. The second kappa shape index (κ2) is 6.95. The topological polar surface area (TPSA) is 66.5 Å². The van der Waals surface area contributed by atoms with Gasteiger partial charge in [-0.1, -0.05) is 15.9 Å². The Balaban J connectivity index is 0.00000324. The number of halogens is 7. The zero-order valence-corrected chi connectivity index (χ0v) is 14.5. The standard InChI is InChI=1S/C9H7Br3F3NO2.ClH/c10-2-1-3(11)7(17)5(12)4(2)6(16)8(18)9(13,14)15;/h1,6,8,17-18H,16H2;1H/t6-,8-;/m0./s1. The summed E-state index contributed by atoms with van der Waals surface area (Å²) in [6, 6.07) is -0.383. The average Bonchev–Trinajstić information content (AvgIpc) is 2.23. The molecule has 10 heteroatoms. The molecule has 110 valence electrons. The van der Waals surface area contributed by atoms with E-state index in [-0.39, 0.29) is 37.1 Å². The molecule has 1 aromatic carbocycles. The Morgan fingerprint density at radius 3 is 2.05 bits per heavy atom. The van der Waals surface area contributed by atoms with Gasteiger partial charge in [0.2, 0.25) is 0 Å². The Morgan fingerprint density at radius 2 is 1.63 bits per heavy atom. The minimum absolute atomic E-state index is 0. The van der Waals surface area contributed by atoms with Crippen molar-refractivity contribution in [2.24, 2.45) is 5.73 Å². The number of aromatic hydroxyl groups is 1. The molecule has 1 aromatic rings. The molecule has 0 amide bonds. The van der Waals surface area contributed by atoms with Gasteiger partial charge in [-0.25, -0.2) is 0 Å². The van der Waals surface area contributed by atoms with Crippen LogP contribution in [0.3, 0.4) is 0 Å². The van der Waals surface area contributed by atoms with E-state index < -0.39 is 18.3 Å². The molecule has 19 heavy (non-hydrogen) atoms. The molecule has 0 bridgehead atoms. The molecule has 0 saturated carbocycles. The van der Waals surface area contributed by atoms with Gasteiger partial charge in [-0.05, 0) is 37.9 Å². The number of phenolic OH excluding ortho intramolecular Hbond substituents is 1. The quantitative estimate of drug-likeness (QED) is 0.582. The molecule has 0 fully saturated rings. The number of alkyl halides is 3. The number of phenols is 1. The average molecular weight is 494 g/mol. The molecule has 3 nitrogen and oxygen atoms in total. The minimum Gasteiger partial charge on any atom is -0.506 e. The molecule has 0 aliphatic carbocycles. The zero-order chi connectivity index (χ0) is 14.2. The van der Waals surface area contributed by atoms with Gasteiger partial charge in [0.1, 0.15) is 5.75 Å². The van der Waals surface area contributed by atoms with E-state index in [0.29, 0.717) is 0 Å². The smallest absolute Gasteiger partial charge is 0.416 e. The van der Waals surface area contributed by atoms with E-state index in [9.17, 15) is 18.3 Å². The number of hydrogen-bond acceptors (Lipinski definition) is 3. The molecule has 0 aromatic heterocycles. The van der Waals surface area contributed by atoms with Gasteiger partial charge in [0.05, 0.1) is 15.0 Å². The monoisotopic (exact) mass is 491 g/mol. The van der Waals surface area contributed by atoms with Gasteiger partial charge >= 0.3 is 6.18 Å². The summed E-state index contributed by atoms with van der Waals surface area (Å²) >= 11 is 9.01. The summed E-state index contributed by atoms with van der Waals surface area (Å²) in [7, 11) is 0. The number of aliphatic hydroxyl groups is 1. The van der Waals surface area contributed by atoms with Crippen LogP contribution in [0.2, 0.25) is 0 Å². The molecule has 1 rings (SSSR count). The summed E-state index contributed by atoms with van der Waals surface area (Å²) in [6.45, 7) is 0. The van der Waals surface area contributed by atoms with Crippen molar-refractivity contribution in [3.05, 3.63) is 25.0 Å². The van der Waals surface area contributed by atoms with Gasteiger partial charge in [-0.15, -0.1) is 12.4 Å². The second-order valence-corrected chi connectivity index (χ2v) is 5.93. The molecule has 0 radical (unpaired) electrons. The summed E-state index contributed by atoms with van der Waals surface area (Å²) in [5.74, 6) is -0.293. The number of benzene rings is 1. The van der Waals surface area contributed by atoms with Crippen LogP contribution in [0.1, 0.15) is 11.6 Å². The number of rotatable bonds is 2. The van der Waals surface area contributed by atoms with Gasteiger partial charge in [-0.3, -0.25) is 0 Å². The minimum atomic E-state index is -4.85. The van der Waals surface area contributed by atoms with Crippen molar-refractivity contribution in [2.75, 3.05) is 0 Å². The van der Waals surface area contributed by atoms with Crippen molar-refractivity contribution in [2.45, 2.75) is 18.3 Å². The van der Waals surface area contributed by atoms with Crippen LogP contribution in [0.5, 0.6) is 5.75 Å². The summed E-state index contributed by atoms with van der Waals surface area (Å²) in [5, 5.41) is 18.7. The Morgan fingerprint density at radius 1 is 1.16 bits per heavy atom. The van der Waals surface area contributed by atoms with Crippen LogP contribution < -0.4 is 5.73 Å². The van der Waals surface area contributed by atoms with Crippen LogP contribution in [0.4, 0.5) is 13.2 Å². The third-order valence-corrected chi connectivity index (χ3v) is 4.25. The van der Waals surface area contributed by atoms with Crippen LogP contribution in [0.25, 0.3) is 0 Å². The number of hydrogen-bond donors (Lipinski definition) is 3. The molecular weight excluding hydrogens is 486 g/mol. The maximum absolute atomic E-state index is 12.4. The molecule has 4 N–H and O–H groups in total. The van der Waals surface area contributed by atoms with E-state index in [2.05, 4.69) is 47.8 Å². The van der Waals surface area contributed by atoms with Crippen LogP contribution in [0.15, 0.2) is 19.5 Å². The van der Waals surface area contributed by atoms with Crippen LogP contribution >= 0.6 is 60.2 Å². The Hall–Kier alpha value is 0.460. The molecular formula is C9H8Br3ClF3NO2. The zero-order valence-electron chi connectivity index (χ0n) is 8.88. The lowest BCUT2D eigenvalue weighted by molar-refractivity contribution is -0.210. The predicted octanol–water partition coefficient (Wildman–Crippen LogP) is 4.02. The summed E-state index contributed by atoms with van der Waals surface area (Å²) in [4.78, 5) is 0. The highest BCUT2D eigenvalue weighted by Gasteiger charge is 2.44. The SMILES string of the molecule is Cl.N[C@@H](c1c(Br)cc(Br)c(O)c1Br)[C@H](O)C(F)(F)F. The lowest BCUT2D eigenvalue weighted by atomic mass is 10.0. The first-order valence-corrected chi connectivity index (χ1v) is 6.82. The van der Waals surface area contributed by atoms with Gasteiger partial charge < -0.3 is 15.9 Å². The lowest BCUT2D eigenvalue weighted by Gasteiger charge is -2.24. The van der Waals surface area contributed by atoms with E-state index in [1.54, 1.807) is 0 Å². The first-order chi connectivity index (χ1) is 8.07. The predicted molar refractivity (Wildman–Crippen MR) is 77.4 cm³/mol. The molecule has 0 heterocycles. The second-order valence-electron chi connectivity index (χ2n) is 3.43. The van der Waals surface area contributed by atoms with E-state index in [4.69, 9.17) is 10.8 Å². The van der Waals surface area contributed by atoms with Crippen molar-refractivity contribution in [3.63, 3.8) is 0 Å². The van der Waals surface area contributed by atoms with Gasteiger partial charge in [0.15, 0.2) is 6.10 Å². The van der Waals surface area contributed by atoms with Crippen LogP contribution in [0, 0.1) is 0 Å². The number of nitrogens with two attached hydrogens (primary N) is 1. The number of aliphatic hydroxyl groups excluding tert-OH is 1. The van der Waals surface area contributed by atoms with Gasteiger partial charge in [0, 0.05) is 10.0 Å². The molecule has 0 spiro atoms. The van der Waals surface area contributed by atoms with Crippen molar-refractivity contribution in [1.29, 1.82) is 0 Å². The summed E-state index contributed by atoms with van der Waals surface area (Å²) in [6.07, 6.45) is -7.58. The van der Waals surface area contributed by atoms with E-state index in [0.717, 1.165) is 0 Å². The fourth-order valence-electron chi connectivity index (χ4n) is 1.26. The van der Waals surface area contributed by atoms with Crippen molar-refractivity contribution in [1.82, 2.24) is 0 Å². The molecule has 0 aliphatic heterocycles. The van der Waals surface area contributed by atoms with Crippen LogP contribution in [-0.4, -0.2) is 22.5 Å². The third-order valence-electron chi connectivity index (χ3n) is 2.19. The van der Waals surface area contributed by atoms with E-state index in [1.807, 2.05) is 0 Å². The van der Waals surface area contributed by atoms with E-state index in [1.165, 1.54) is 6.07 Å².